The molecule has 6 N–H and O–H groups in total. The molecule has 8 rings (SSSR count). The van der Waals surface area contributed by atoms with Gasteiger partial charge in [0.2, 0.25) is 11.8 Å². The highest BCUT2D eigenvalue weighted by Gasteiger charge is 2.39. The van der Waals surface area contributed by atoms with Gasteiger partial charge in [-0.3, -0.25) is 28.5 Å². The lowest BCUT2D eigenvalue weighted by Gasteiger charge is -2.22. The number of aromatic nitrogens is 8. The van der Waals surface area contributed by atoms with Crippen LogP contribution < -0.4 is 22.1 Å². The molecule has 2 fully saturated rings. The summed E-state index contributed by atoms with van der Waals surface area (Å²) in [6, 6.07) is 11.2. The maximum absolute atomic E-state index is 12.4. The SMILES string of the molecule is C#Cc1nn([C@H]2C[C@H](COC)N(C(=O)C=C)C2)c(NC)c1C(N)=O.C=CC(=O)N1C[C@@H](n2nc(C#Cc3cccc4c3cnn4C)c(C(N)=O)c2NC)C[C@@H]1COC.Cn1ncc2c(Br)cccc21. The highest BCUT2D eigenvalue weighted by atomic mass is 79.9. The van der Waals surface area contributed by atoms with Crippen LogP contribution in [0.3, 0.4) is 0 Å². The summed E-state index contributed by atoms with van der Waals surface area (Å²) in [6.07, 6.45) is 12.8. The standard InChI is InChI=1S/C24H27N7O3.C16H21N5O3.C8H7BrN2/c1-5-21(32)30-13-16(11-17(30)14-34-4)31-24(26-2)22(23(25)33)19(28-31)10-9-15-7-6-8-20-18(15)12-27-29(20)3;1-5-12-14(15(17)23)16(18-3)21(19-12)10-7-11(9-24-4)20(8-10)13(22)6-2;1-11-8-4-2-3-7(9)6(8)5-10-11/h5-8,12,16-17,26H,1,11,13-14H2,2-4H3,(H2,25,33);1,6,10-11,18H,2,7-9H2,3-4H3,(H2,17,23);2-5H,1H3/t16-,17+;10-,11+;/m00./s1. The Hall–Kier alpha value is -7.72. The van der Waals surface area contributed by atoms with Gasteiger partial charge in [-0.05, 0) is 61.1 Å². The molecular formula is C48H55BrN14O6. The first-order chi connectivity index (χ1) is 33.2. The Morgan fingerprint density at radius 1 is 0.768 bits per heavy atom. The monoisotopic (exact) mass is 1000 g/mol. The first-order valence-electron chi connectivity index (χ1n) is 21.7. The van der Waals surface area contributed by atoms with E-state index < -0.39 is 11.8 Å². The van der Waals surface area contributed by atoms with Crippen molar-refractivity contribution in [2.45, 2.75) is 37.0 Å². The molecule has 20 nitrogen and oxygen atoms in total. The summed E-state index contributed by atoms with van der Waals surface area (Å²) in [6.45, 7) is 8.73. The zero-order valence-corrected chi connectivity index (χ0v) is 40.9. The number of primary amides is 2. The molecule has 0 unspecified atom stereocenters. The number of aryl methyl sites for hydroxylation is 2. The summed E-state index contributed by atoms with van der Waals surface area (Å²) in [5, 5.41) is 25.5. The predicted molar refractivity (Wildman–Crippen MR) is 266 cm³/mol. The van der Waals surface area contributed by atoms with Gasteiger partial charge in [-0.25, -0.2) is 9.36 Å². The number of methoxy groups -OCH3 is 2. The minimum atomic E-state index is -0.649. The summed E-state index contributed by atoms with van der Waals surface area (Å²) in [5.41, 5.74) is 14.9. The van der Waals surface area contributed by atoms with E-state index in [1.165, 1.54) is 12.2 Å². The third-order valence-electron chi connectivity index (χ3n) is 11.9. The van der Waals surface area contributed by atoms with Gasteiger partial charge in [0.1, 0.15) is 28.5 Å². The molecule has 69 heavy (non-hydrogen) atoms. The smallest absolute Gasteiger partial charge is 0.255 e. The molecular weight excluding hydrogens is 949 g/mol. The lowest BCUT2D eigenvalue weighted by Crippen LogP contribution is -2.37. The van der Waals surface area contributed by atoms with Crippen molar-refractivity contribution in [1.29, 1.82) is 0 Å². The van der Waals surface area contributed by atoms with E-state index in [9.17, 15) is 19.2 Å². The van der Waals surface area contributed by atoms with E-state index in [0.29, 0.717) is 50.8 Å². The summed E-state index contributed by atoms with van der Waals surface area (Å²) in [5.74, 6) is 7.81. The van der Waals surface area contributed by atoms with Crippen molar-refractivity contribution in [1.82, 2.24) is 48.9 Å². The minimum Gasteiger partial charge on any atom is -0.383 e. The van der Waals surface area contributed by atoms with Gasteiger partial charge in [0.25, 0.3) is 11.8 Å². The Kier molecular flexibility index (Phi) is 16.4. The maximum Gasteiger partial charge on any atom is 0.255 e. The molecule has 2 aliphatic rings. The third kappa shape index (κ3) is 10.6. The summed E-state index contributed by atoms with van der Waals surface area (Å²) in [7, 11) is 10.3. The topological polar surface area (TPSA) is 241 Å². The van der Waals surface area contributed by atoms with Gasteiger partial charge < -0.3 is 41.4 Å². The fraction of sp³-hybridized carbons (Fsp3) is 0.333. The number of nitrogens with zero attached hydrogens (tertiary/aromatic N) is 10. The van der Waals surface area contributed by atoms with Crippen LogP contribution in [0.25, 0.3) is 21.8 Å². The van der Waals surface area contributed by atoms with E-state index in [0.717, 1.165) is 31.8 Å². The highest BCUT2D eigenvalue weighted by molar-refractivity contribution is 9.10. The molecule has 0 aliphatic carbocycles. The van der Waals surface area contributed by atoms with Crippen LogP contribution in [-0.4, -0.2) is 139 Å². The number of amides is 4. The van der Waals surface area contributed by atoms with Crippen LogP contribution in [0.2, 0.25) is 0 Å². The molecule has 0 saturated carbocycles. The number of rotatable bonds is 12. The van der Waals surface area contributed by atoms with Gasteiger partial charge in [0.05, 0.1) is 60.8 Å². The minimum absolute atomic E-state index is 0.106. The first kappa shape index (κ1) is 50.7. The Bertz CT molecular complexity index is 3020. The Morgan fingerprint density at radius 2 is 1.23 bits per heavy atom. The van der Waals surface area contributed by atoms with Gasteiger partial charge in [-0.2, -0.15) is 20.4 Å². The fourth-order valence-corrected chi connectivity index (χ4v) is 9.16. The normalized spacial score (nSPS) is 17.2. The Morgan fingerprint density at radius 3 is 1.68 bits per heavy atom. The Balaban J connectivity index is 0.000000192. The molecule has 0 bridgehead atoms. The van der Waals surface area contributed by atoms with E-state index in [2.05, 4.69) is 77.9 Å². The number of ether oxygens (including phenoxy) is 2. The quantitative estimate of drug-likeness (QED) is 0.102. The Labute approximate surface area is 407 Å². The molecule has 360 valence electrons. The summed E-state index contributed by atoms with van der Waals surface area (Å²) >= 11 is 3.46. The van der Waals surface area contributed by atoms with E-state index in [4.69, 9.17) is 27.4 Å². The van der Waals surface area contributed by atoms with Crippen molar-refractivity contribution in [2.24, 2.45) is 25.6 Å². The summed E-state index contributed by atoms with van der Waals surface area (Å²) in [4.78, 5) is 51.9. The average molecular weight is 1000 g/mol. The van der Waals surface area contributed by atoms with Gasteiger partial charge in [0.15, 0.2) is 5.69 Å². The number of carbonyl (C=O) groups excluding carboxylic acids is 4. The van der Waals surface area contributed by atoms with Gasteiger partial charge in [-0.1, -0.05) is 47.1 Å². The van der Waals surface area contributed by atoms with Crippen molar-refractivity contribution < 1.29 is 28.7 Å². The maximum atomic E-state index is 12.4. The molecule has 4 aromatic heterocycles. The zero-order valence-electron chi connectivity index (χ0n) is 39.3. The van der Waals surface area contributed by atoms with Crippen molar-refractivity contribution in [3.63, 3.8) is 0 Å². The number of nitrogens with one attached hydrogen (secondary N) is 2. The fourth-order valence-electron chi connectivity index (χ4n) is 8.70. The van der Waals surface area contributed by atoms with E-state index >= 15 is 0 Å². The predicted octanol–water partition coefficient (Wildman–Crippen LogP) is 3.60. The van der Waals surface area contributed by atoms with Crippen LogP contribution in [0.5, 0.6) is 0 Å². The molecule has 2 saturated heterocycles. The van der Waals surface area contributed by atoms with Crippen molar-refractivity contribution >= 4 is 73.0 Å². The van der Waals surface area contributed by atoms with E-state index in [1.54, 1.807) is 58.4 Å². The number of hydrogen-bond donors (Lipinski definition) is 4. The van der Waals surface area contributed by atoms with Crippen LogP contribution in [0.1, 0.15) is 62.6 Å². The molecule has 6 heterocycles. The zero-order chi connectivity index (χ0) is 50.1. The number of hydrogen-bond acceptors (Lipinski definition) is 12. The summed E-state index contributed by atoms with van der Waals surface area (Å²) < 4.78 is 18.6. The number of benzene rings is 2. The number of terminal acetylenes is 1. The number of nitrogens with two attached hydrogens (primary N) is 2. The van der Waals surface area contributed by atoms with E-state index in [1.807, 2.05) is 61.4 Å². The largest absolute Gasteiger partial charge is 0.383 e. The number of likely N-dealkylation sites (tertiary alicyclic amines) is 2. The number of carbonyl (C=O) groups is 4. The molecule has 21 heteroatoms. The first-order valence-corrected chi connectivity index (χ1v) is 22.4. The average Bonchev–Trinajstić information content (AvgIpc) is 4.21. The van der Waals surface area contributed by atoms with Crippen LogP contribution >= 0.6 is 15.9 Å². The molecule has 4 atom stereocenters. The molecule has 0 radical (unpaired) electrons. The second kappa shape index (κ2) is 22.4. The molecule has 0 spiro atoms. The number of fused-ring (bicyclic) bond motifs is 2. The van der Waals surface area contributed by atoms with Gasteiger partial charge in [0, 0.05) is 76.3 Å². The second-order valence-corrected chi connectivity index (χ2v) is 16.8. The van der Waals surface area contributed by atoms with Crippen LogP contribution in [0, 0.1) is 24.2 Å². The lowest BCUT2D eigenvalue weighted by molar-refractivity contribution is -0.128. The van der Waals surface area contributed by atoms with Crippen molar-refractivity contribution in [3.8, 4) is 24.2 Å². The molecule has 6 aromatic rings. The van der Waals surface area contributed by atoms with Crippen LogP contribution in [0.15, 0.2) is 78.6 Å². The van der Waals surface area contributed by atoms with Crippen molar-refractivity contribution in [3.05, 3.63) is 107 Å². The van der Waals surface area contributed by atoms with Crippen molar-refractivity contribution in [2.75, 3.05) is 65.3 Å². The molecule has 4 amide bonds. The highest BCUT2D eigenvalue weighted by Crippen LogP contribution is 2.34. The number of anilines is 2. The molecule has 2 aromatic carbocycles. The lowest BCUT2D eigenvalue weighted by atomic mass is 10.1. The third-order valence-corrected chi connectivity index (χ3v) is 12.6. The number of halogens is 1. The molecule has 2 aliphatic heterocycles. The van der Waals surface area contributed by atoms with Gasteiger partial charge >= 0.3 is 0 Å². The second-order valence-electron chi connectivity index (χ2n) is 16.0. The van der Waals surface area contributed by atoms with Crippen LogP contribution in [0.4, 0.5) is 11.6 Å². The van der Waals surface area contributed by atoms with Gasteiger partial charge in [-0.15, -0.1) is 6.42 Å². The van der Waals surface area contributed by atoms with Crippen LogP contribution in [-0.2, 0) is 33.2 Å². The van der Waals surface area contributed by atoms with E-state index in [-0.39, 0.29) is 58.5 Å².